The molecule has 0 aliphatic carbocycles. The Bertz CT molecular complexity index is 435. The Labute approximate surface area is 81.2 Å². The van der Waals surface area contributed by atoms with Crippen LogP contribution in [0.25, 0.3) is 0 Å². The molecule has 0 spiro atoms. The van der Waals surface area contributed by atoms with Crippen molar-refractivity contribution in [1.82, 2.24) is 5.48 Å². The smallest absolute Gasteiger partial charge is 0.274 e. The Balaban J connectivity index is 3.07. The molecular formula is C8H9NO4S. The second-order valence-corrected chi connectivity index (χ2v) is 4.75. The Morgan fingerprint density at radius 1 is 1.29 bits per heavy atom. The van der Waals surface area contributed by atoms with Crippen LogP contribution in [0.5, 0.6) is 0 Å². The van der Waals surface area contributed by atoms with Gasteiger partial charge in [0, 0.05) is 11.8 Å². The molecule has 76 valence electrons. The lowest BCUT2D eigenvalue weighted by molar-refractivity contribution is 0.0706. The van der Waals surface area contributed by atoms with E-state index in [1.807, 2.05) is 0 Å². The van der Waals surface area contributed by atoms with Crippen molar-refractivity contribution in [1.29, 1.82) is 0 Å². The van der Waals surface area contributed by atoms with Gasteiger partial charge in [-0.25, -0.2) is 13.9 Å². The van der Waals surface area contributed by atoms with Gasteiger partial charge in [-0.05, 0) is 24.3 Å². The van der Waals surface area contributed by atoms with Gasteiger partial charge in [-0.15, -0.1) is 0 Å². The maximum absolute atomic E-state index is 11.0. The summed E-state index contributed by atoms with van der Waals surface area (Å²) in [5, 5.41) is 8.30. The third-order valence-electron chi connectivity index (χ3n) is 1.65. The zero-order valence-electron chi connectivity index (χ0n) is 7.39. The van der Waals surface area contributed by atoms with Crippen LogP contribution >= 0.6 is 0 Å². The molecule has 0 saturated heterocycles. The van der Waals surface area contributed by atoms with Gasteiger partial charge in [-0.2, -0.15) is 0 Å². The average molecular weight is 215 g/mol. The second-order valence-electron chi connectivity index (χ2n) is 2.74. The largest absolute Gasteiger partial charge is 0.288 e. The summed E-state index contributed by atoms with van der Waals surface area (Å²) in [5.41, 5.74) is 1.65. The van der Waals surface area contributed by atoms with Crippen LogP contribution in [-0.4, -0.2) is 25.8 Å². The van der Waals surface area contributed by atoms with E-state index in [1.165, 1.54) is 29.7 Å². The Hall–Kier alpha value is -1.40. The molecule has 0 aromatic heterocycles. The fourth-order valence-corrected chi connectivity index (χ4v) is 1.55. The number of rotatable bonds is 2. The molecule has 0 aliphatic rings. The summed E-state index contributed by atoms with van der Waals surface area (Å²) in [4.78, 5) is 11.0. The summed E-state index contributed by atoms with van der Waals surface area (Å²) >= 11 is 0. The molecule has 14 heavy (non-hydrogen) atoms. The topological polar surface area (TPSA) is 83.5 Å². The summed E-state index contributed by atoms with van der Waals surface area (Å²) < 4.78 is 22.1. The minimum atomic E-state index is -3.25. The van der Waals surface area contributed by atoms with Crippen molar-refractivity contribution in [3.63, 3.8) is 0 Å². The molecule has 1 rings (SSSR count). The minimum absolute atomic E-state index is 0.131. The van der Waals surface area contributed by atoms with Gasteiger partial charge in [0.1, 0.15) is 0 Å². The van der Waals surface area contributed by atoms with Gasteiger partial charge in [0.2, 0.25) is 0 Å². The van der Waals surface area contributed by atoms with Crippen molar-refractivity contribution in [3.05, 3.63) is 29.8 Å². The van der Waals surface area contributed by atoms with Gasteiger partial charge in [0.05, 0.1) is 4.90 Å². The highest BCUT2D eigenvalue weighted by Crippen LogP contribution is 2.09. The summed E-state index contributed by atoms with van der Waals surface area (Å²) in [6.45, 7) is 0. The molecule has 5 nitrogen and oxygen atoms in total. The predicted molar refractivity (Wildman–Crippen MR) is 48.8 cm³/mol. The minimum Gasteiger partial charge on any atom is -0.288 e. The van der Waals surface area contributed by atoms with Gasteiger partial charge < -0.3 is 0 Å². The Morgan fingerprint density at radius 2 is 1.79 bits per heavy atom. The fraction of sp³-hybridized carbons (Fsp3) is 0.125. The van der Waals surface area contributed by atoms with Crippen LogP contribution in [0.15, 0.2) is 29.2 Å². The molecule has 2 N–H and O–H groups in total. The Kier molecular flexibility index (Phi) is 2.87. The van der Waals surface area contributed by atoms with Crippen LogP contribution in [0.4, 0.5) is 0 Å². The van der Waals surface area contributed by atoms with Crippen LogP contribution in [-0.2, 0) is 9.84 Å². The lowest BCUT2D eigenvalue weighted by Crippen LogP contribution is -2.18. The predicted octanol–water partition coefficient (Wildman–Crippen LogP) is 0.209. The summed E-state index contributed by atoms with van der Waals surface area (Å²) in [6, 6.07) is 5.25. The third kappa shape index (κ3) is 2.30. The second kappa shape index (κ2) is 3.77. The number of sulfone groups is 1. The Morgan fingerprint density at radius 3 is 2.14 bits per heavy atom. The summed E-state index contributed by atoms with van der Waals surface area (Å²) in [5.74, 6) is -0.676. The highest BCUT2D eigenvalue weighted by Gasteiger charge is 2.08. The summed E-state index contributed by atoms with van der Waals surface area (Å²) in [7, 11) is -3.25. The normalized spacial score (nSPS) is 11.0. The van der Waals surface area contributed by atoms with E-state index >= 15 is 0 Å². The van der Waals surface area contributed by atoms with Crippen molar-refractivity contribution in [2.45, 2.75) is 4.90 Å². The van der Waals surface area contributed by atoms with E-state index in [9.17, 15) is 13.2 Å². The van der Waals surface area contributed by atoms with E-state index in [0.29, 0.717) is 0 Å². The van der Waals surface area contributed by atoms with Crippen molar-refractivity contribution in [2.75, 3.05) is 6.26 Å². The number of hydrogen-bond donors (Lipinski definition) is 2. The lowest BCUT2D eigenvalue weighted by atomic mass is 10.2. The highest BCUT2D eigenvalue weighted by molar-refractivity contribution is 7.90. The molecule has 1 amide bonds. The van der Waals surface area contributed by atoms with E-state index in [2.05, 4.69) is 0 Å². The van der Waals surface area contributed by atoms with Gasteiger partial charge in [0.25, 0.3) is 5.91 Å². The number of carbonyl (C=O) groups is 1. The van der Waals surface area contributed by atoms with Gasteiger partial charge >= 0.3 is 0 Å². The zero-order valence-corrected chi connectivity index (χ0v) is 8.21. The van der Waals surface area contributed by atoms with Crippen LogP contribution in [0.2, 0.25) is 0 Å². The molecule has 1 aromatic rings. The first-order chi connectivity index (χ1) is 6.45. The molecule has 0 radical (unpaired) electrons. The number of hydrogen-bond acceptors (Lipinski definition) is 4. The van der Waals surface area contributed by atoms with E-state index < -0.39 is 15.7 Å². The SMILES string of the molecule is CS(=O)(=O)c1ccc(C(=O)NO)cc1. The lowest BCUT2D eigenvalue weighted by Gasteiger charge is -2.00. The van der Waals surface area contributed by atoms with Crippen LogP contribution < -0.4 is 5.48 Å². The number of amides is 1. The maximum Gasteiger partial charge on any atom is 0.274 e. The van der Waals surface area contributed by atoms with Gasteiger partial charge in [-0.3, -0.25) is 10.0 Å². The van der Waals surface area contributed by atoms with Crippen molar-refractivity contribution in [3.8, 4) is 0 Å². The first-order valence-corrected chi connectivity index (χ1v) is 5.59. The molecule has 0 atom stereocenters. The molecular weight excluding hydrogens is 206 g/mol. The highest BCUT2D eigenvalue weighted by atomic mass is 32.2. The van der Waals surface area contributed by atoms with Crippen molar-refractivity contribution >= 4 is 15.7 Å². The molecule has 0 fully saturated rings. The maximum atomic E-state index is 11.0. The van der Waals surface area contributed by atoms with Crippen LogP contribution in [0, 0.1) is 0 Å². The molecule has 0 bridgehead atoms. The van der Waals surface area contributed by atoms with Gasteiger partial charge in [0.15, 0.2) is 9.84 Å². The number of benzene rings is 1. The van der Waals surface area contributed by atoms with Crippen LogP contribution in [0.3, 0.4) is 0 Å². The monoisotopic (exact) mass is 215 g/mol. The van der Waals surface area contributed by atoms with E-state index in [4.69, 9.17) is 5.21 Å². The first-order valence-electron chi connectivity index (χ1n) is 3.69. The standard InChI is InChI=1S/C8H9NO4S/c1-14(12,13)7-4-2-6(3-5-7)8(10)9-11/h2-5,11H,1H3,(H,9,10). The van der Waals surface area contributed by atoms with E-state index in [1.54, 1.807) is 0 Å². The molecule has 0 unspecified atom stereocenters. The van der Waals surface area contributed by atoms with Gasteiger partial charge in [-0.1, -0.05) is 0 Å². The molecule has 0 saturated carbocycles. The molecule has 0 aliphatic heterocycles. The zero-order chi connectivity index (χ0) is 10.8. The van der Waals surface area contributed by atoms with Crippen LogP contribution in [0.1, 0.15) is 10.4 Å². The molecule has 1 aromatic carbocycles. The summed E-state index contributed by atoms with van der Waals surface area (Å²) in [6.07, 6.45) is 1.08. The van der Waals surface area contributed by atoms with E-state index in [0.717, 1.165) is 6.26 Å². The van der Waals surface area contributed by atoms with Crippen molar-refractivity contribution in [2.24, 2.45) is 0 Å². The average Bonchev–Trinajstić information content (AvgIpc) is 2.15. The number of carbonyl (C=O) groups excluding carboxylic acids is 1. The third-order valence-corrected chi connectivity index (χ3v) is 2.77. The van der Waals surface area contributed by atoms with Crippen molar-refractivity contribution < 1.29 is 18.4 Å². The molecule has 0 heterocycles. The molecule has 6 heteroatoms. The number of hydroxylamine groups is 1. The first kappa shape index (κ1) is 10.7. The van der Waals surface area contributed by atoms with E-state index in [-0.39, 0.29) is 10.5 Å². The number of nitrogens with one attached hydrogen (secondary N) is 1. The quantitative estimate of drug-likeness (QED) is 0.545. The fourth-order valence-electron chi connectivity index (χ4n) is 0.918.